The van der Waals surface area contributed by atoms with Crippen molar-refractivity contribution in [2.24, 2.45) is 0 Å². The molecule has 0 aromatic heterocycles. The number of aromatic hydroxyl groups is 3. The first kappa shape index (κ1) is 43.5. The maximum absolute atomic E-state index is 13.2. The Balaban J connectivity index is 1.19. The second-order valence-electron chi connectivity index (χ2n) is 13.2. The number of phenolic OH excluding ortho intramolecular Hbond substituents is 2. The Kier molecular flexibility index (Phi) is 14.1. The average Bonchev–Trinajstić information content (AvgIpc) is 3.24. The second-order valence-corrected chi connectivity index (χ2v) is 13.2. The number of hydrogen-bond acceptors (Lipinski definition) is 11. The van der Waals surface area contributed by atoms with E-state index in [2.05, 4.69) is 21.3 Å². The van der Waals surface area contributed by atoms with Gasteiger partial charge in [0.2, 0.25) is 5.91 Å². The summed E-state index contributed by atoms with van der Waals surface area (Å²) >= 11 is 0. The fraction of sp³-hybridized carbons (Fsp3) is 0.111. The van der Waals surface area contributed by atoms with Crippen LogP contribution in [-0.4, -0.2) is 70.3 Å². The van der Waals surface area contributed by atoms with E-state index in [1.807, 2.05) is 6.07 Å². The number of phenols is 3. The van der Waals surface area contributed by atoms with Crippen molar-refractivity contribution in [3.8, 4) is 34.8 Å². The van der Waals surface area contributed by atoms with Crippen LogP contribution in [0.2, 0.25) is 0 Å². The maximum atomic E-state index is 13.2. The lowest BCUT2D eigenvalue weighted by molar-refractivity contribution is -0.118. The third-order valence-corrected chi connectivity index (χ3v) is 9.02. The van der Waals surface area contributed by atoms with Crippen molar-refractivity contribution in [1.82, 2.24) is 5.32 Å². The molecule has 0 saturated heterocycles. The topological polar surface area (TPSA) is 257 Å². The monoisotopic (exact) mass is 825 g/mol. The number of methoxy groups -OCH3 is 2. The standard InChI is InChI=1S/C45H39N5O11/c1-25(24-27-7-17-32(51)18-8-27)41(54)47-31-15-10-29(11-16-31)42(55)50-36(22-23-46)44(57)48-30-13-5-26(6-14-30)4-9-28-12-19-33(37(52)39(28)60-2)43(56)49-35-21-20-34(45(58)59)38(53)40(35)61-3/h4-21,24,36,51-53H,22H2,1-3H3,(H,47,54)(H,48,57)(H,49,56)(H,50,55)(H,58,59)/b9-4+,25-24+/t36-/m0/s1. The van der Waals surface area contributed by atoms with Gasteiger partial charge in [-0.2, -0.15) is 5.26 Å². The maximum Gasteiger partial charge on any atom is 0.339 e. The smallest absolute Gasteiger partial charge is 0.339 e. The molecule has 5 aromatic carbocycles. The normalized spacial score (nSPS) is 11.5. The molecule has 16 nitrogen and oxygen atoms in total. The molecule has 0 unspecified atom stereocenters. The number of anilines is 3. The SMILES string of the molecule is COc1c(/C=C/c2ccc(NC(=O)[C@H](CC#N)NC(=O)c3ccc(NC(=O)/C(C)=C/c4ccc(O)cc4)cc3)cc2)ccc(C(=O)Nc2ccc(C(=O)O)c(O)c2OC)c1O. The van der Waals surface area contributed by atoms with Crippen LogP contribution in [0, 0.1) is 11.3 Å². The van der Waals surface area contributed by atoms with E-state index >= 15 is 0 Å². The van der Waals surface area contributed by atoms with Crippen molar-refractivity contribution in [3.05, 3.63) is 136 Å². The van der Waals surface area contributed by atoms with Gasteiger partial charge in [0.1, 0.15) is 17.4 Å². The van der Waals surface area contributed by atoms with Crippen molar-refractivity contribution >= 4 is 64.9 Å². The molecule has 0 radical (unpaired) electrons. The van der Waals surface area contributed by atoms with Crippen LogP contribution >= 0.6 is 0 Å². The summed E-state index contributed by atoms with van der Waals surface area (Å²) in [7, 11) is 2.49. The summed E-state index contributed by atoms with van der Waals surface area (Å²) in [6.07, 6.45) is 4.65. The van der Waals surface area contributed by atoms with E-state index < -0.39 is 46.8 Å². The van der Waals surface area contributed by atoms with Crippen LogP contribution in [0.25, 0.3) is 18.2 Å². The molecule has 0 heterocycles. The lowest BCUT2D eigenvalue weighted by Crippen LogP contribution is -2.43. The van der Waals surface area contributed by atoms with Gasteiger partial charge in [-0.1, -0.05) is 42.5 Å². The predicted molar refractivity (Wildman–Crippen MR) is 227 cm³/mol. The molecular weight excluding hydrogens is 787 g/mol. The van der Waals surface area contributed by atoms with E-state index in [-0.39, 0.29) is 46.4 Å². The number of amides is 4. The molecule has 8 N–H and O–H groups in total. The fourth-order valence-corrected chi connectivity index (χ4v) is 5.81. The molecule has 0 fully saturated rings. The minimum Gasteiger partial charge on any atom is -0.508 e. The van der Waals surface area contributed by atoms with Crippen molar-refractivity contribution < 1.29 is 53.9 Å². The molecule has 16 heteroatoms. The Morgan fingerprint density at radius 1 is 0.689 bits per heavy atom. The lowest BCUT2D eigenvalue weighted by atomic mass is 10.1. The van der Waals surface area contributed by atoms with Gasteiger partial charge in [0, 0.05) is 28.1 Å². The van der Waals surface area contributed by atoms with Crippen molar-refractivity contribution in [3.63, 3.8) is 0 Å². The van der Waals surface area contributed by atoms with Crippen LogP contribution in [0.5, 0.6) is 28.7 Å². The zero-order valence-electron chi connectivity index (χ0n) is 32.8. The summed E-state index contributed by atoms with van der Waals surface area (Å²) in [5, 5.41) is 59.8. The Bertz CT molecular complexity index is 2580. The van der Waals surface area contributed by atoms with Crippen molar-refractivity contribution in [1.29, 1.82) is 5.26 Å². The summed E-state index contributed by atoms with van der Waals surface area (Å²) < 4.78 is 10.5. The Labute approximate surface area is 349 Å². The van der Waals surface area contributed by atoms with E-state index in [4.69, 9.17) is 9.47 Å². The molecular formula is C45H39N5O11. The highest BCUT2D eigenvalue weighted by atomic mass is 16.5. The number of hydrogen-bond donors (Lipinski definition) is 8. The molecule has 0 aliphatic carbocycles. The van der Waals surface area contributed by atoms with Gasteiger partial charge in [0.05, 0.1) is 38.0 Å². The van der Waals surface area contributed by atoms with Gasteiger partial charge in [-0.05, 0) is 90.9 Å². The second kappa shape index (κ2) is 19.7. The third kappa shape index (κ3) is 10.9. The molecule has 1 atom stereocenters. The first-order valence-electron chi connectivity index (χ1n) is 18.2. The Hall–Kier alpha value is -8.58. The molecule has 0 aliphatic rings. The van der Waals surface area contributed by atoms with E-state index in [0.717, 1.165) is 11.6 Å². The van der Waals surface area contributed by atoms with Crippen LogP contribution in [-0.2, 0) is 9.59 Å². The Morgan fingerprint density at radius 2 is 1.28 bits per heavy atom. The molecule has 0 spiro atoms. The van der Waals surface area contributed by atoms with Gasteiger partial charge in [-0.3, -0.25) is 19.2 Å². The number of nitrogens with one attached hydrogen (secondary N) is 4. The quantitative estimate of drug-likeness (QED) is 0.0409. The number of rotatable bonds is 15. The van der Waals surface area contributed by atoms with Gasteiger partial charge in [-0.25, -0.2) is 4.79 Å². The largest absolute Gasteiger partial charge is 0.508 e. The first-order valence-corrected chi connectivity index (χ1v) is 18.2. The Morgan fingerprint density at radius 3 is 1.90 bits per heavy atom. The van der Waals surface area contributed by atoms with Crippen LogP contribution < -0.4 is 30.7 Å². The van der Waals surface area contributed by atoms with Crippen molar-refractivity contribution in [2.45, 2.75) is 19.4 Å². The average molecular weight is 826 g/mol. The summed E-state index contributed by atoms with van der Waals surface area (Å²) in [6.45, 7) is 1.64. The van der Waals surface area contributed by atoms with E-state index in [9.17, 15) is 49.7 Å². The van der Waals surface area contributed by atoms with E-state index in [0.29, 0.717) is 28.1 Å². The number of nitrogens with zero attached hydrogens (tertiary/aromatic N) is 1. The highest BCUT2D eigenvalue weighted by Gasteiger charge is 2.24. The predicted octanol–water partition coefficient (Wildman–Crippen LogP) is 6.63. The molecule has 61 heavy (non-hydrogen) atoms. The lowest BCUT2D eigenvalue weighted by Gasteiger charge is -2.16. The molecule has 5 aromatic rings. The van der Waals surface area contributed by atoms with Crippen LogP contribution in [0.4, 0.5) is 17.1 Å². The number of nitriles is 1. The number of benzene rings is 5. The third-order valence-electron chi connectivity index (χ3n) is 9.02. The summed E-state index contributed by atoms with van der Waals surface area (Å²) in [4.78, 5) is 63.4. The molecule has 0 bridgehead atoms. The van der Waals surface area contributed by atoms with Gasteiger partial charge in [0.15, 0.2) is 23.0 Å². The minimum absolute atomic E-state index is 0.0252. The molecule has 310 valence electrons. The molecule has 0 saturated carbocycles. The fourth-order valence-electron chi connectivity index (χ4n) is 5.81. The number of carbonyl (C=O) groups excluding carboxylic acids is 4. The van der Waals surface area contributed by atoms with E-state index in [1.54, 1.807) is 61.5 Å². The van der Waals surface area contributed by atoms with Crippen LogP contribution in [0.15, 0.2) is 103 Å². The zero-order chi connectivity index (χ0) is 44.2. The van der Waals surface area contributed by atoms with Crippen LogP contribution in [0.3, 0.4) is 0 Å². The highest BCUT2D eigenvalue weighted by Crippen LogP contribution is 2.39. The number of carboxylic acid groups (broad SMARTS) is 1. The van der Waals surface area contributed by atoms with Gasteiger partial charge in [0.25, 0.3) is 17.7 Å². The van der Waals surface area contributed by atoms with Gasteiger partial charge >= 0.3 is 5.97 Å². The number of carboxylic acids is 1. The summed E-state index contributed by atoms with van der Waals surface area (Å²) in [5.74, 6) is -5.18. The van der Waals surface area contributed by atoms with Gasteiger partial charge < -0.3 is 51.2 Å². The van der Waals surface area contributed by atoms with Crippen LogP contribution in [0.1, 0.15) is 61.1 Å². The number of ether oxygens (including phenoxy) is 2. The minimum atomic E-state index is -1.40. The van der Waals surface area contributed by atoms with Gasteiger partial charge in [-0.15, -0.1) is 0 Å². The number of carbonyl (C=O) groups is 5. The molecule has 5 rings (SSSR count). The molecule has 4 amide bonds. The summed E-state index contributed by atoms with van der Waals surface area (Å²) in [6, 6.07) is 24.8. The molecule has 0 aliphatic heterocycles. The number of aromatic carboxylic acids is 1. The van der Waals surface area contributed by atoms with E-state index in [1.165, 1.54) is 68.8 Å². The summed E-state index contributed by atoms with van der Waals surface area (Å²) in [5.41, 5.74) is 2.55. The zero-order valence-corrected chi connectivity index (χ0v) is 32.8. The van der Waals surface area contributed by atoms with Crippen molar-refractivity contribution in [2.75, 3.05) is 30.2 Å². The highest BCUT2D eigenvalue weighted by molar-refractivity contribution is 6.09. The first-order chi connectivity index (χ1) is 29.2.